The summed E-state index contributed by atoms with van der Waals surface area (Å²) in [6.45, 7) is -1.71. The monoisotopic (exact) mass is 566 g/mol. The van der Waals surface area contributed by atoms with Crippen molar-refractivity contribution in [3.63, 3.8) is 0 Å². The van der Waals surface area contributed by atoms with E-state index in [9.17, 15) is 23.2 Å². The number of halogens is 4. The Morgan fingerprint density at radius 3 is 2.61 bits per heavy atom. The molecule has 38 heavy (non-hydrogen) atoms. The van der Waals surface area contributed by atoms with E-state index in [2.05, 4.69) is 15.0 Å². The standard InChI is InChI=1S/C24H18Cl2F2N4O6/c1-2-36-24(35)38-21-12-31-9-14(4-6-19(31)30-21)29-20(33)11-32-10-17(26)15(8-22(32)34)16-7-13(25)3-5-18(16)37-23(27)28/h3-10,12,23H,2,11H2,1H3,(H,29,33). The average Bonchev–Trinajstić information content (AvgIpc) is 3.23. The number of carbonyl (C=O) groups is 2. The van der Waals surface area contributed by atoms with Crippen LogP contribution in [0.3, 0.4) is 0 Å². The number of hydrogen-bond acceptors (Lipinski definition) is 7. The lowest BCUT2D eigenvalue weighted by Gasteiger charge is -2.14. The van der Waals surface area contributed by atoms with Crippen molar-refractivity contribution in [2.75, 3.05) is 11.9 Å². The van der Waals surface area contributed by atoms with E-state index in [0.717, 1.165) is 10.6 Å². The van der Waals surface area contributed by atoms with Gasteiger partial charge in [0.15, 0.2) is 0 Å². The first-order valence-corrected chi connectivity index (χ1v) is 11.7. The molecule has 0 fully saturated rings. The van der Waals surface area contributed by atoms with Gasteiger partial charge in [0.25, 0.3) is 5.56 Å². The van der Waals surface area contributed by atoms with E-state index in [1.807, 2.05) is 0 Å². The second-order valence-electron chi connectivity index (χ2n) is 7.62. The van der Waals surface area contributed by atoms with Gasteiger partial charge in [-0.05, 0) is 37.3 Å². The van der Waals surface area contributed by atoms with Crippen LogP contribution < -0.4 is 20.3 Å². The van der Waals surface area contributed by atoms with E-state index in [1.54, 1.807) is 19.1 Å². The van der Waals surface area contributed by atoms with Gasteiger partial charge >= 0.3 is 12.8 Å². The summed E-state index contributed by atoms with van der Waals surface area (Å²) in [5, 5.41) is 2.87. The Balaban J connectivity index is 1.51. The molecule has 0 saturated heterocycles. The summed E-state index contributed by atoms with van der Waals surface area (Å²) in [6.07, 6.45) is 3.27. The van der Waals surface area contributed by atoms with Crippen molar-refractivity contribution < 1.29 is 32.6 Å². The predicted octanol–water partition coefficient (Wildman–Crippen LogP) is 5.25. The number of aromatic nitrogens is 3. The van der Waals surface area contributed by atoms with Crippen LogP contribution >= 0.6 is 23.2 Å². The number of anilines is 1. The molecule has 0 saturated carbocycles. The number of nitrogens with zero attached hydrogens (tertiary/aromatic N) is 3. The van der Waals surface area contributed by atoms with Gasteiger partial charge in [-0.25, -0.2) is 4.79 Å². The number of ether oxygens (including phenoxy) is 3. The molecular formula is C24H18Cl2F2N4O6. The van der Waals surface area contributed by atoms with Gasteiger partial charge in [0, 0.05) is 34.6 Å². The van der Waals surface area contributed by atoms with Gasteiger partial charge in [0.05, 0.1) is 23.5 Å². The van der Waals surface area contributed by atoms with Crippen molar-refractivity contribution in [2.24, 2.45) is 0 Å². The zero-order valence-corrected chi connectivity index (χ0v) is 21.0. The number of fused-ring (bicyclic) bond motifs is 1. The lowest BCUT2D eigenvalue weighted by Crippen LogP contribution is -2.27. The Hall–Kier alpha value is -4.16. The summed E-state index contributed by atoms with van der Waals surface area (Å²) in [5.41, 5.74) is 0.394. The number of benzene rings is 1. The predicted molar refractivity (Wildman–Crippen MR) is 134 cm³/mol. The molecule has 1 N–H and O–H groups in total. The Bertz CT molecular complexity index is 1570. The number of hydrogen-bond donors (Lipinski definition) is 1. The highest BCUT2D eigenvalue weighted by atomic mass is 35.5. The molecule has 0 aliphatic carbocycles. The Morgan fingerprint density at radius 2 is 1.87 bits per heavy atom. The van der Waals surface area contributed by atoms with Crippen LogP contribution in [-0.2, 0) is 16.1 Å². The second kappa shape index (κ2) is 11.5. The maximum absolute atomic E-state index is 12.8. The molecular weight excluding hydrogens is 549 g/mol. The van der Waals surface area contributed by atoms with Gasteiger partial charge in [0.2, 0.25) is 11.8 Å². The smallest absolute Gasteiger partial charge is 0.434 e. The topological polar surface area (TPSA) is 113 Å². The van der Waals surface area contributed by atoms with Crippen molar-refractivity contribution in [3.05, 3.63) is 75.4 Å². The van der Waals surface area contributed by atoms with Gasteiger partial charge in [-0.2, -0.15) is 13.8 Å². The number of pyridine rings is 2. The number of imidazole rings is 1. The fraction of sp³-hybridized carbons (Fsp3) is 0.167. The molecule has 0 radical (unpaired) electrons. The third kappa shape index (κ3) is 6.39. The second-order valence-corrected chi connectivity index (χ2v) is 8.46. The van der Waals surface area contributed by atoms with Crippen LogP contribution in [0.2, 0.25) is 10.0 Å². The van der Waals surface area contributed by atoms with Crippen LogP contribution in [0.4, 0.5) is 19.3 Å². The number of nitrogens with one attached hydrogen (secondary N) is 1. The van der Waals surface area contributed by atoms with E-state index >= 15 is 0 Å². The molecule has 10 nitrogen and oxygen atoms in total. The summed E-state index contributed by atoms with van der Waals surface area (Å²) in [6, 6.07) is 8.18. The van der Waals surface area contributed by atoms with E-state index in [0.29, 0.717) is 11.3 Å². The zero-order valence-electron chi connectivity index (χ0n) is 19.5. The largest absolute Gasteiger partial charge is 0.515 e. The average molecular weight is 567 g/mol. The van der Waals surface area contributed by atoms with Crippen LogP contribution in [0, 0.1) is 0 Å². The fourth-order valence-electron chi connectivity index (χ4n) is 3.47. The Kier molecular flexibility index (Phi) is 8.13. The molecule has 0 atom stereocenters. The van der Waals surface area contributed by atoms with Crippen LogP contribution in [0.25, 0.3) is 16.8 Å². The first-order valence-electron chi connectivity index (χ1n) is 10.9. The van der Waals surface area contributed by atoms with Crippen LogP contribution in [0.1, 0.15) is 6.92 Å². The SMILES string of the molecule is CCOC(=O)Oc1cn2cc(NC(=O)Cn3cc(Cl)c(-c4cc(Cl)ccc4OC(F)F)cc3=O)ccc2n1. The van der Waals surface area contributed by atoms with Gasteiger partial charge in [-0.3, -0.25) is 9.59 Å². The molecule has 1 aromatic carbocycles. The number of alkyl halides is 2. The molecule has 0 spiro atoms. The van der Waals surface area contributed by atoms with Crippen molar-refractivity contribution >= 4 is 46.6 Å². The van der Waals surface area contributed by atoms with Crippen LogP contribution in [-0.4, -0.2) is 39.2 Å². The summed E-state index contributed by atoms with van der Waals surface area (Å²) < 4.78 is 42.4. The molecule has 4 rings (SSSR count). The number of rotatable bonds is 8. The molecule has 4 aromatic rings. The van der Waals surface area contributed by atoms with Crippen molar-refractivity contribution in [1.82, 2.24) is 14.0 Å². The molecule has 0 aliphatic rings. The Labute approximate surface area is 223 Å². The third-order valence-corrected chi connectivity index (χ3v) is 5.54. The third-order valence-electron chi connectivity index (χ3n) is 5.00. The molecule has 3 heterocycles. The quantitative estimate of drug-likeness (QED) is 0.290. The van der Waals surface area contributed by atoms with Gasteiger partial charge < -0.3 is 28.5 Å². The van der Waals surface area contributed by atoms with Crippen molar-refractivity contribution in [1.29, 1.82) is 0 Å². The minimum absolute atomic E-state index is 0.00717. The highest BCUT2D eigenvalue weighted by Crippen LogP contribution is 2.36. The van der Waals surface area contributed by atoms with E-state index in [4.69, 9.17) is 32.7 Å². The van der Waals surface area contributed by atoms with Gasteiger partial charge in [0.1, 0.15) is 17.9 Å². The molecule has 1 amide bonds. The summed E-state index contributed by atoms with van der Waals surface area (Å²) in [4.78, 5) is 40.9. The number of carbonyl (C=O) groups excluding carboxylic acids is 2. The molecule has 3 aromatic heterocycles. The lowest BCUT2D eigenvalue weighted by atomic mass is 10.1. The first kappa shape index (κ1) is 26.9. The van der Waals surface area contributed by atoms with E-state index < -0.39 is 30.8 Å². The normalized spacial score (nSPS) is 11.0. The fourth-order valence-corrected chi connectivity index (χ4v) is 3.91. The maximum Gasteiger partial charge on any atom is 0.515 e. The summed E-state index contributed by atoms with van der Waals surface area (Å²) in [7, 11) is 0. The first-order chi connectivity index (χ1) is 18.1. The molecule has 0 unspecified atom stereocenters. The Morgan fingerprint density at radius 1 is 1.08 bits per heavy atom. The van der Waals surface area contributed by atoms with Crippen LogP contribution in [0.15, 0.2) is 59.8 Å². The highest BCUT2D eigenvalue weighted by Gasteiger charge is 2.17. The van der Waals surface area contributed by atoms with Gasteiger partial charge in [-0.15, -0.1) is 0 Å². The maximum atomic E-state index is 12.8. The highest BCUT2D eigenvalue weighted by molar-refractivity contribution is 6.34. The minimum atomic E-state index is -3.10. The van der Waals surface area contributed by atoms with Crippen molar-refractivity contribution in [2.45, 2.75) is 20.1 Å². The number of amides is 1. The molecule has 14 heteroatoms. The van der Waals surface area contributed by atoms with E-state index in [1.165, 1.54) is 41.2 Å². The lowest BCUT2D eigenvalue weighted by molar-refractivity contribution is -0.116. The van der Waals surface area contributed by atoms with E-state index in [-0.39, 0.29) is 39.4 Å². The van der Waals surface area contributed by atoms with Crippen molar-refractivity contribution in [3.8, 4) is 22.8 Å². The van der Waals surface area contributed by atoms with Crippen LogP contribution in [0.5, 0.6) is 11.6 Å². The zero-order chi connectivity index (χ0) is 27.4. The molecule has 0 aliphatic heterocycles. The molecule has 0 bridgehead atoms. The summed E-state index contributed by atoms with van der Waals surface area (Å²) >= 11 is 12.3. The minimum Gasteiger partial charge on any atom is -0.434 e. The molecule has 198 valence electrons. The summed E-state index contributed by atoms with van der Waals surface area (Å²) in [5.74, 6) is -0.759. The van der Waals surface area contributed by atoms with Gasteiger partial charge in [-0.1, -0.05) is 23.2 Å².